The van der Waals surface area contributed by atoms with Crippen molar-refractivity contribution in [2.75, 3.05) is 6.54 Å². The number of aromatic nitrogens is 1. The van der Waals surface area contributed by atoms with Crippen molar-refractivity contribution in [1.29, 1.82) is 0 Å². The van der Waals surface area contributed by atoms with Crippen LogP contribution >= 0.6 is 0 Å². The van der Waals surface area contributed by atoms with Crippen LogP contribution in [0, 0.1) is 11.8 Å². The molecule has 2 unspecified atom stereocenters. The minimum atomic E-state index is 0.709. The minimum absolute atomic E-state index is 0.709. The Morgan fingerprint density at radius 3 is 2.68 bits per heavy atom. The molecule has 0 amide bonds. The quantitative estimate of drug-likeness (QED) is 0.910. The molecule has 1 aromatic carbocycles. The van der Waals surface area contributed by atoms with Crippen LogP contribution in [0.3, 0.4) is 0 Å². The second kappa shape index (κ2) is 5.70. The average molecular weight is 254 g/mol. The Kier molecular flexibility index (Phi) is 3.79. The van der Waals surface area contributed by atoms with E-state index in [1.807, 2.05) is 6.20 Å². The van der Waals surface area contributed by atoms with Gasteiger partial charge in [0.1, 0.15) is 0 Å². The topological polar surface area (TPSA) is 38.9 Å². The molecule has 1 aromatic heterocycles. The largest absolute Gasteiger partial charge is 0.330 e. The van der Waals surface area contributed by atoms with Gasteiger partial charge in [-0.25, -0.2) is 0 Å². The molecule has 1 heterocycles. The minimum Gasteiger partial charge on any atom is -0.330 e. The Morgan fingerprint density at radius 2 is 1.84 bits per heavy atom. The first-order valence-corrected chi connectivity index (χ1v) is 7.41. The van der Waals surface area contributed by atoms with E-state index < -0.39 is 0 Å². The Morgan fingerprint density at radius 1 is 1.05 bits per heavy atom. The summed E-state index contributed by atoms with van der Waals surface area (Å²) >= 11 is 0. The Hall–Kier alpha value is -1.41. The van der Waals surface area contributed by atoms with Crippen LogP contribution in [0.5, 0.6) is 0 Å². The molecule has 2 aromatic rings. The summed E-state index contributed by atoms with van der Waals surface area (Å²) in [7, 11) is 0. The first-order chi connectivity index (χ1) is 9.38. The van der Waals surface area contributed by atoms with Crippen LogP contribution in [0.25, 0.3) is 10.9 Å². The zero-order valence-electron chi connectivity index (χ0n) is 11.4. The number of para-hydroxylation sites is 1. The lowest BCUT2D eigenvalue weighted by molar-refractivity contribution is 0.242. The molecule has 1 fully saturated rings. The maximum atomic E-state index is 5.95. The molecule has 0 aliphatic heterocycles. The highest BCUT2D eigenvalue weighted by molar-refractivity contribution is 5.81. The molecule has 3 rings (SSSR count). The zero-order chi connectivity index (χ0) is 13.1. The van der Waals surface area contributed by atoms with Crippen molar-refractivity contribution >= 4 is 10.9 Å². The van der Waals surface area contributed by atoms with Gasteiger partial charge in [0.25, 0.3) is 0 Å². The predicted molar refractivity (Wildman–Crippen MR) is 79.9 cm³/mol. The van der Waals surface area contributed by atoms with Crippen LogP contribution in [-0.2, 0) is 6.42 Å². The normalized spacial score (nSPS) is 23.6. The molecule has 2 atom stereocenters. The van der Waals surface area contributed by atoms with Gasteiger partial charge in [0.2, 0.25) is 0 Å². The van der Waals surface area contributed by atoms with Gasteiger partial charge in [-0.2, -0.15) is 0 Å². The molecule has 1 aliphatic rings. The number of hydrogen-bond acceptors (Lipinski definition) is 2. The van der Waals surface area contributed by atoms with Gasteiger partial charge < -0.3 is 5.73 Å². The molecule has 2 nitrogen and oxygen atoms in total. The van der Waals surface area contributed by atoms with Crippen LogP contribution in [0.2, 0.25) is 0 Å². The molecule has 0 spiro atoms. The second-order valence-electron chi connectivity index (χ2n) is 5.73. The lowest BCUT2D eigenvalue weighted by Crippen LogP contribution is -2.28. The molecule has 0 radical (unpaired) electrons. The van der Waals surface area contributed by atoms with Crippen LogP contribution in [0.15, 0.2) is 36.5 Å². The lowest BCUT2D eigenvalue weighted by Gasteiger charge is -2.31. The van der Waals surface area contributed by atoms with Crippen molar-refractivity contribution < 1.29 is 0 Å². The molecule has 1 saturated carbocycles. The van der Waals surface area contributed by atoms with E-state index in [-0.39, 0.29) is 0 Å². The summed E-state index contributed by atoms with van der Waals surface area (Å²) in [5.74, 6) is 1.46. The third-order valence-corrected chi connectivity index (χ3v) is 4.59. The molecule has 2 N–H and O–H groups in total. The third-order valence-electron chi connectivity index (χ3n) is 4.59. The second-order valence-corrected chi connectivity index (χ2v) is 5.73. The van der Waals surface area contributed by atoms with Crippen LogP contribution < -0.4 is 5.73 Å². The summed E-state index contributed by atoms with van der Waals surface area (Å²) in [6.45, 7) is 0.841. The number of nitrogens with two attached hydrogens (primary N) is 1. The zero-order valence-corrected chi connectivity index (χ0v) is 11.4. The first-order valence-electron chi connectivity index (χ1n) is 7.41. The fraction of sp³-hybridized carbons (Fsp3) is 0.471. The highest BCUT2D eigenvalue weighted by atomic mass is 14.6. The Balaban J connectivity index is 1.88. The molecule has 0 saturated heterocycles. The Bertz CT molecular complexity index is 544. The van der Waals surface area contributed by atoms with Gasteiger partial charge in [-0.05, 0) is 55.3 Å². The fourth-order valence-electron chi connectivity index (χ4n) is 3.48. The molecule has 2 heteroatoms. The van der Waals surface area contributed by atoms with E-state index >= 15 is 0 Å². The van der Waals surface area contributed by atoms with E-state index in [2.05, 4.69) is 35.3 Å². The van der Waals surface area contributed by atoms with E-state index in [1.54, 1.807) is 0 Å². The number of fused-ring (bicyclic) bond motifs is 1. The summed E-state index contributed by atoms with van der Waals surface area (Å²) in [6.07, 6.45) is 8.46. The summed E-state index contributed by atoms with van der Waals surface area (Å²) in [4.78, 5) is 4.45. The summed E-state index contributed by atoms with van der Waals surface area (Å²) in [5.41, 5.74) is 8.50. The SMILES string of the molecule is NCC1CCCCC1Cc1ccnc2ccccc12. The van der Waals surface area contributed by atoms with Crippen molar-refractivity contribution in [2.24, 2.45) is 17.6 Å². The van der Waals surface area contributed by atoms with Crippen molar-refractivity contribution in [1.82, 2.24) is 4.98 Å². The summed E-state index contributed by atoms with van der Waals surface area (Å²) in [5, 5.41) is 1.31. The van der Waals surface area contributed by atoms with Crippen LogP contribution in [-0.4, -0.2) is 11.5 Å². The van der Waals surface area contributed by atoms with Crippen LogP contribution in [0.1, 0.15) is 31.2 Å². The third kappa shape index (κ3) is 2.64. The van der Waals surface area contributed by atoms with Gasteiger partial charge in [0.05, 0.1) is 5.52 Å². The lowest BCUT2D eigenvalue weighted by atomic mass is 9.76. The smallest absolute Gasteiger partial charge is 0.0704 e. The van der Waals surface area contributed by atoms with Crippen molar-refractivity contribution in [3.63, 3.8) is 0 Å². The number of hydrogen-bond donors (Lipinski definition) is 1. The molecular formula is C17H22N2. The molecular weight excluding hydrogens is 232 g/mol. The monoisotopic (exact) mass is 254 g/mol. The number of benzene rings is 1. The van der Waals surface area contributed by atoms with E-state index in [0.29, 0.717) is 5.92 Å². The molecule has 19 heavy (non-hydrogen) atoms. The maximum absolute atomic E-state index is 5.95. The maximum Gasteiger partial charge on any atom is 0.0704 e. The highest BCUT2D eigenvalue weighted by Crippen LogP contribution is 2.33. The van der Waals surface area contributed by atoms with E-state index in [1.165, 1.54) is 36.6 Å². The van der Waals surface area contributed by atoms with E-state index in [9.17, 15) is 0 Å². The highest BCUT2D eigenvalue weighted by Gasteiger charge is 2.24. The van der Waals surface area contributed by atoms with Crippen molar-refractivity contribution in [3.05, 3.63) is 42.1 Å². The summed E-state index contributed by atoms with van der Waals surface area (Å²) in [6, 6.07) is 10.6. The van der Waals surface area contributed by atoms with Gasteiger partial charge in [-0.1, -0.05) is 31.0 Å². The van der Waals surface area contributed by atoms with Gasteiger partial charge in [0, 0.05) is 11.6 Å². The first kappa shape index (κ1) is 12.6. The predicted octanol–water partition coefficient (Wildman–Crippen LogP) is 3.54. The Labute approximate surface area is 115 Å². The van der Waals surface area contributed by atoms with E-state index in [4.69, 9.17) is 5.73 Å². The standard InChI is InChI=1S/C17H22N2/c18-12-15-6-2-1-5-13(15)11-14-9-10-19-17-8-4-3-7-16(14)17/h3-4,7-10,13,15H,1-2,5-6,11-12,18H2. The molecule has 1 aliphatic carbocycles. The fourth-order valence-corrected chi connectivity index (χ4v) is 3.48. The van der Waals surface area contributed by atoms with E-state index in [0.717, 1.165) is 24.4 Å². The van der Waals surface area contributed by atoms with Crippen LogP contribution in [0.4, 0.5) is 0 Å². The molecule has 0 bridgehead atoms. The van der Waals surface area contributed by atoms with Gasteiger partial charge in [0.15, 0.2) is 0 Å². The van der Waals surface area contributed by atoms with Gasteiger partial charge in [-0.15, -0.1) is 0 Å². The summed E-state index contributed by atoms with van der Waals surface area (Å²) < 4.78 is 0. The van der Waals surface area contributed by atoms with Gasteiger partial charge >= 0.3 is 0 Å². The van der Waals surface area contributed by atoms with Gasteiger partial charge in [-0.3, -0.25) is 4.98 Å². The number of rotatable bonds is 3. The van der Waals surface area contributed by atoms with Crippen molar-refractivity contribution in [2.45, 2.75) is 32.1 Å². The number of pyridine rings is 1. The average Bonchev–Trinajstić information content (AvgIpc) is 2.48. The number of nitrogens with zero attached hydrogens (tertiary/aromatic N) is 1. The molecule has 100 valence electrons. The van der Waals surface area contributed by atoms with Crippen molar-refractivity contribution in [3.8, 4) is 0 Å².